The molecule has 1 unspecified atom stereocenters. The number of fused-ring (bicyclic) bond motifs is 1. The van der Waals surface area contributed by atoms with Gasteiger partial charge in [-0.3, -0.25) is 0 Å². The van der Waals surface area contributed by atoms with E-state index in [0.717, 1.165) is 9.66 Å². The van der Waals surface area contributed by atoms with Crippen LogP contribution in [0.15, 0.2) is 42.5 Å². The maximum Gasteiger partial charge on any atom is 0.244 e. The molecular weight excluding hydrogens is 400 g/mol. The molecule has 158 valence electrons. The quantitative estimate of drug-likeness (QED) is 0.588. The lowest BCUT2D eigenvalue weighted by molar-refractivity contribution is 0.0867. The van der Waals surface area contributed by atoms with E-state index in [4.69, 9.17) is 12.2 Å². The van der Waals surface area contributed by atoms with Crippen molar-refractivity contribution in [2.75, 3.05) is 24.7 Å². The molecular formula is C22H26N4O3S. The van der Waals surface area contributed by atoms with Gasteiger partial charge in [-0.25, -0.2) is 17.4 Å². The van der Waals surface area contributed by atoms with Crippen LogP contribution in [0.4, 0.5) is 11.6 Å². The molecule has 0 fully saturated rings. The molecule has 0 amide bonds. The van der Waals surface area contributed by atoms with Crippen molar-refractivity contribution >= 4 is 32.7 Å². The predicted molar refractivity (Wildman–Crippen MR) is 121 cm³/mol. The van der Waals surface area contributed by atoms with Gasteiger partial charge < -0.3 is 15.7 Å². The number of hydrogen-bond acceptors (Lipinski definition) is 6. The molecule has 0 spiro atoms. The van der Waals surface area contributed by atoms with E-state index in [1.165, 1.54) is 0 Å². The number of nitrogen functional groups attached to an aromatic ring is 1. The molecule has 2 aromatic carbocycles. The lowest BCUT2D eigenvalue weighted by Crippen LogP contribution is -2.27. The van der Waals surface area contributed by atoms with E-state index in [1.807, 2.05) is 43.3 Å². The molecule has 1 aromatic heterocycles. The summed E-state index contributed by atoms with van der Waals surface area (Å²) >= 11 is 0. The van der Waals surface area contributed by atoms with Crippen LogP contribution in [0.1, 0.15) is 31.4 Å². The molecule has 3 aromatic rings. The van der Waals surface area contributed by atoms with Crippen LogP contribution in [0.25, 0.3) is 11.0 Å². The maximum atomic E-state index is 12.8. The Kier molecular flexibility index (Phi) is 5.54. The lowest BCUT2D eigenvalue weighted by atomic mass is 9.83. The number of aliphatic hydroxyl groups is 1. The van der Waals surface area contributed by atoms with Crippen molar-refractivity contribution in [1.29, 1.82) is 0 Å². The van der Waals surface area contributed by atoms with Crippen LogP contribution in [0.3, 0.4) is 0 Å². The summed E-state index contributed by atoms with van der Waals surface area (Å²) in [6.45, 7) is 3.15. The van der Waals surface area contributed by atoms with Gasteiger partial charge in [-0.15, -0.1) is 12.3 Å². The molecule has 7 nitrogen and oxygen atoms in total. The van der Waals surface area contributed by atoms with Crippen molar-refractivity contribution < 1.29 is 13.5 Å². The van der Waals surface area contributed by atoms with E-state index in [9.17, 15) is 13.5 Å². The number of benzene rings is 2. The van der Waals surface area contributed by atoms with Gasteiger partial charge in [0, 0.05) is 26.2 Å². The minimum absolute atomic E-state index is 0.0143. The van der Waals surface area contributed by atoms with Crippen LogP contribution in [-0.4, -0.2) is 41.8 Å². The monoisotopic (exact) mass is 426 g/mol. The van der Waals surface area contributed by atoms with E-state index < -0.39 is 20.9 Å². The highest BCUT2D eigenvalue weighted by atomic mass is 32.2. The molecule has 8 heteroatoms. The highest BCUT2D eigenvalue weighted by Crippen LogP contribution is 2.36. The molecule has 3 N–H and O–H groups in total. The number of nitrogens with two attached hydrogens (primary N) is 1. The molecule has 0 radical (unpaired) electrons. The van der Waals surface area contributed by atoms with Gasteiger partial charge in [0.15, 0.2) is 0 Å². The van der Waals surface area contributed by atoms with Crippen LogP contribution in [0.2, 0.25) is 0 Å². The second-order valence-electron chi connectivity index (χ2n) is 7.71. The second-order valence-corrected chi connectivity index (χ2v) is 10.1. The average Bonchev–Trinajstić information content (AvgIpc) is 3.03. The summed E-state index contributed by atoms with van der Waals surface area (Å²) in [6.07, 6.45) is 5.59. The first-order valence-electron chi connectivity index (χ1n) is 9.49. The Morgan fingerprint density at radius 2 is 1.80 bits per heavy atom. The van der Waals surface area contributed by atoms with E-state index in [0.29, 0.717) is 22.2 Å². The number of imidazole rings is 1. The number of rotatable bonds is 6. The van der Waals surface area contributed by atoms with Crippen molar-refractivity contribution in [3.05, 3.63) is 53.6 Å². The number of terminal acetylenes is 1. The predicted octanol–water partition coefficient (Wildman–Crippen LogP) is 2.53. The molecule has 3 rings (SSSR count). The zero-order valence-corrected chi connectivity index (χ0v) is 18.3. The summed E-state index contributed by atoms with van der Waals surface area (Å²) in [7, 11) is 0.112. The Morgan fingerprint density at radius 1 is 1.20 bits per heavy atom. The normalized spacial score (nSPS) is 13.9. The Morgan fingerprint density at radius 3 is 2.33 bits per heavy atom. The van der Waals surface area contributed by atoms with Crippen LogP contribution >= 0.6 is 0 Å². The standard InChI is InChI=1S/C22H26N4O3S/c1-6-13-22(27,16-7-10-18(11-8-16)25(4)5)17-9-12-19-20(14-17)26(21(23)24-19)30(28,29)15(2)3/h1,7-12,14-15,27H,13H2,2-5H3,(H2,23,24). The summed E-state index contributed by atoms with van der Waals surface area (Å²) in [5.41, 5.74) is 7.20. The largest absolute Gasteiger partial charge is 0.379 e. The second kappa shape index (κ2) is 7.67. The number of aromatic nitrogens is 2. The number of nitrogens with zero attached hydrogens (tertiary/aromatic N) is 3. The highest BCUT2D eigenvalue weighted by molar-refractivity contribution is 7.90. The van der Waals surface area contributed by atoms with Gasteiger partial charge in [0.05, 0.1) is 16.3 Å². The number of anilines is 2. The van der Waals surface area contributed by atoms with Crippen molar-refractivity contribution in [1.82, 2.24) is 8.96 Å². The van der Waals surface area contributed by atoms with E-state index in [1.54, 1.807) is 32.0 Å². The van der Waals surface area contributed by atoms with E-state index in [-0.39, 0.29) is 12.4 Å². The smallest absolute Gasteiger partial charge is 0.244 e. The van der Waals surface area contributed by atoms with Crippen molar-refractivity contribution in [2.45, 2.75) is 31.1 Å². The molecule has 0 aliphatic carbocycles. The Bertz CT molecular complexity index is 1220. The summed E-state index contributed by atoms with van der Waals surface area (Å²) in [6, 6.07) is 12.3. The Balaban J connectivity index is 2.23. The average molecular weight is 427 g/mol. The minimum atomic E-state index is -3.74. The molecule has 30 heavy (non-hydrogen) atoms. The van der Waals surface area contributed by atoms with Crippen LogP contribution < -0.4 is 10.6 Å². The molecule has 1 atom stereocenters. The molecule has 0 bridgehead atoms. The fourth-order valence-corrected chi connectivity index (χ4v) is 4.51. The van der Waals surface area contributed by atoms with Gasteiger partial charge in [-0.2, -0.15) is 0 Å². The minimum Gasteiger partial charge on any atom is -0.379 e. The number of hydrogen-bond donors (Lipinski definition) is 2. The Hall–Kier alpha value is -3.02. The van der Waals surface area contributed by atoms with Gasteiger partial charge in [-0.05, 0) is 49.2 Å². The molecule has 0 saturated heterocycles. The first-order chi connectivity index (χ1) is 14.0. The Labute approximate surface area is 177 Å². The van der Waals surface area contributed by atoms with Gasteiger partial charge in [-0.1, -0.05) is 18.2 Å². The fraction of sp³-hybridized carbons (Fsp3) is 0.318. The molecule has 0 aliphatic rings. The zero-order chi connectivity index (χ0) is 22.3. The van der Waals surface area contributed by atoms with Crippen LogP contribution in [-0.2, 0) is 15.6 Å². The van der Waals surface area contributed by atoms with Crippen molar-refractivity contribution in [2.24, 2.45) is 0 Å². The first kappa shape index (κ1) is 21.7. The molecule has 0 saturated carbocycles. The summed E-state index contributed by atoms with van der Waals surface area (Å²) in [5, 5.41) is 10.9. The van der Waals surface area contributed by atoms with Crippen molar-refractivity contribution in [3.8, 4) is 12.3 Å². The third-order valence-electron chi connectivity index (χ3n) is 5.18. The summed E-state index contributed by atoms with van der Waals surface area (Å²) < 4.78 is 26.7. The van der Waals surface area contributed by atoms with Crippen molar-refractivity contribution in [3.63, 3.8) is 0 Å². The highest BCUT2D eigenvalue weighted by Gasteiger charge is 2.33. The van der Waals surface area contributed by atoms with Gasteiger partial charge in [0.2, 0.25) is 16.0 Å². The van der Waals surface area contributed by atoms with E-state index >= 15 is 0 Å². The lowest BCUT2D eigenvalue weighted by Gasteiger charge is -2.28. The SMILES string of the molecule is C#CCC(O)(c1ccc(N(C)C)cc1)c1ccc2nc(N)n(S(=O)(=O)C(C)C)c2c1. The third-order valence-corrected chi connectivity index (χ3v) is 7.27. The van der Waals surface area contributed by atoms with Crippen LogP contribution in [0.5, 0.6) is 0 Å². The topological polar surface area (TPSA) is 101 Å². The molecule has 1 heterocycles. The van der Waals surface area contributed by atoms with Gasteiger partial charge in [0.25, 0.3) is 0 Å². The first-order valence-corrected chi connectivity index (χ1v) is 11.0. The fourth-order valence-electron chi connectivity index (χ4n) is 3.36. The maximum absolute atomic E-state index is 12.8. The summed E-state index contributed by atoms with van der Waals surface area (Å²) in [5.74, 6) is 2.41. The van der Waals surface area contributed by atoms with Gasteiger partial charge >= 0.3 is 0 Å². The molecule has 0 aliphatic heterocycles. The zero-order valence-electron chi connectivity index (χ0n) is 17.5. The van der Waals surface area contributed by atoms with E-state index in [2.05, 4.69) is 10.9 Å². The third kappa shape index (κ3) is 3.51. The summed E-state index contributed by atoms with van der Waals surface area (Å²) in [4.78, 5) is 6.12. The van der Waals surface area contributed by atoms with Gasteiger partial charge in [0.1, 0.15) is 5.60 Å². The van der Waals surface area contributed by atoms with Crippen LogP contribution in [0, 0.1) is 12.3 Å².